The van der Waals surface area contributed by atoms with E-state index in [0.717, 1.165) is 11.1 Å². The van der Waals surface area contributed by atoms with Crippen LogP contribution in [0.4, 0.5) is 14.9 Å². The van der Waals surface area contributed by atoms with Crippen molar-refractivity contribution in [1.29, 1.82) is 0 Å². The van der Waals surface area contributed by atoms with Gasteiger partial charge in [-0.05, 0) is 59.7 Å². The molecule has 4 nitrogen and oxygen atoms in total. The fourth-order valence-corrected chi connectivity index (χ4v) is 2.18. The highest BCUT2D eigenvalue weighted by molar-refractivity contribution is 5.87. The number of nitrogens with one attached hydrogen (secondary N) is 1. The summed E-state index contributed by atoms with van der Waals surface area (Å²) in [6.45, 7) is 0. The van der Waals surface area contributed by atoms with E-state index in [-0.39, 0.29) is 11.5 Å². The largest absolute Gasteiger partial charge is 0.508 e. The zero-order valence-electron chi connectivity index (χ0n) is 12.6. The van der Waals surface area contributed by atoms with E-state index < -0.39 is 11.9 Å². The van der Waals surface area contributed by atoms with Crippen LogP contribution in [0.25, 0.3) is 11.1 Å². The first-order valence-electron chi connectivity index (χ1n) is 7.24. The molecule has 0 bridgehead atoms. The molecule has 0 aromatic heterocycles. The normalized spacial score (nSPS) is 10.2. The van der Waals surface area contributed by atoms with Crippen LogP contribution in [0.15, 0.2) is 72.8 Å². The molecule has 3 aromatic rings. The van der Waals surface area contributed by atoms with Crippen molar-refractivity contribution in [1.82, 2.24) is 0 Å². The number of aromatic hydroxyl groups is 1. The molecule has 3 rings (SSSR count). The molecule has 0 saturated carbocycles. The van der Waals surface area contributed by atoms with Gasteiger partial charge < -0.3 is 9.84 Å². The van der Waals surface area contributed by atoms with Gasteiger partial charge in [-0.25, -0.2) is 9.18 Å². The van der Waals surface area contributed by atoms with E-state index >= 15 is 0 Å². The lowest BCUT2D eigenvalue weighted by atomic mass is 10.1. The second kappa shape index (κ2) is 6.83. The molecule has 0 spiro atoms. The molecule has 2 N–H and O–H groups in total. The van der Waals surface area contributed by atoms with Crippen LogP contribution in [-0.2, 0) is 0 Å². The van der Waals surface area contributed by atoms with Crippen LogP contribution in [0.5, 0.6) is 11.5 Å². The van der Waals surface area contributed by atoms with Crippen molar-refractivity contribution in [2.45, 2.75) is 0 Å². The van der Waals surface area contributed by atoms with Crippen molar-refractivity contribution >= 4 is 11.8 Å². The minimum absolute atomic E-state index is 0.191. The molecule has 0 aliphatic heterocycles. The molecule has 0 aliphatic carbocycles. The van der Waals surface area contributed by atoms with Gasteiger partial charge >= 0.3 is 6.09 Å². The lowest BCUT2D eigenvalue weighted by molar-refractivity contribution is 0.215. The van der Waals surface area contributed by atoms with Crippen molar-refractivity contribution < 1.29 is 19.0 Å². The van der Waals surface area contributed by atoms with Gasteiger partial charge in [0.1, 0.15) is 17.3 Å². The predicted octanol–water partition coefficient (Wildman–Crippen LogP) is 4.81. The Bertz CT molecular complexity index is 845. The molecule has 1 amide bonds. The third-order valence-corrected chi connectivity index (χ3v) is 3.33. The topological polar surface area (TPSA) is 58.6 Å². The Morgan fingerprint density at radius 1 is 0.917 bits per heavy atom. The van der Waals surface area contributed by atoms with Crippen LogP contribution in [-0.4, -0.2) is 11.2 Å². The van der Waals surface area contributed by atoms with Crippen LogP contribution in [0.2, 0.25) is 0 Å². The van der Waals surface area contributed by atoms with Gasteiger partial charge in [0.05, 0.1) is 0 Å². The predicted molar refractivity (Wildman–Crippen MR) is 89.6 cm³/mol. The van der Waals surface area contributed by atoms with Crippen LogP contribution in [0, 0.1) is 5.82 Å². The summed E-state index contributed by atoms with van der Waals surface area (Å²) in [5, 5.41) is 12.0. The van der Waals surface area contributed by atoms with Crippen LogP contribution < -0.4 is 10.1 Å². The number of benzene rings is 3. The molecule has 24 heavy (non-hydrogen) atoms. The van der Waals surface area contributed by atoms with Gasteiger partial charge in [0.2, 0.25) is 0 Å². The van der Waals surface area contributed by atoms with Crippen molar-refractivity contribution in [3.8, 4) is 22.6 Å². The number of phenols is 1. The number of anilines is 1. The Morgan fingerprint density at radius 2 is 1.62 bits per heavy atom. The van der Waals surface area contributed by atoms with Crippen molar-refractivity contribution in [3.63, 3.8) is 0 Å². The first-order valence-corrected chi connectivity index (χ1v) is 7.24. The maximum Gasteiger partial charge on any atom is 0.417 e. The fraction of sp³-hybridized carbons (Fsp3) is 0. The number of amides is 1. The van der Waals surface area contributed by atoms with Crippen molar-refractivity contribution in [2.24, 2.45) is 0 Å². The Labute approximate surface area is 138 Å². The van der Waals surface area contributed by atoms with Crippen molar-refractivity contribution in [2.75, 3.05) is 5.32 Å². The Kier molecular flexibility index (Phi) is 4.43. The van der Waals surface area contributed by atoms with Crippen molar-refractivity contribution in [3.05, 3.63) is 78.6 Å². The standard InChI is InChI=1S/C19H14FNO3/c20-15-6-10-18(11-7-15)24-19(23)21-16-3-1-2-14(12-16)13-4-8-17(22)9-5-13/h1-12,22H,(H,21,23). The van der Waals surface area contributed by atoms with Crippen LogP contribution >= 0.6 is 0 Å². The van der Waals surface area contributed by atoms with Gasteiger partial charge in [-0.3, -0.25) is 5.32 Å². The maximum absolute atomic E-state index is 12.8. The Hall–Kier alpha value is -3.34. The summed E-state index contributed by atoms with van der Waals surface area (Å²) in [6, 6.07) is 19.2. The van der Waals surface area contributed by atoms with Gasteiger partial charge in [0, 0.05) is 5.69 Å². The number of ether oxygens (including phenoxy) is 1. The van der Waals surface area contributed by atoms with E-state index in [1.165, 1.54) is 24.3 Å². The molecule has 0 saturated heterocycles. The minimum atomic E-state index is -0.663. The number of hydrogen-bond donors (Lipinski definition) is 2. The highest BCUT2D eigenvalue weighted by Crippen LogP contribution is 2.24. The highest BCUT2D eigenvalue weighted by Gasteiger charge is 2.06. The summed E-state index contributed by atoms with van der Waals surface area (Å²) < 4.78 is 17.9. The van der Waals surface area contributed by atoms with E-state index in [1.54, 1.807) is 42.5 Å². The van der Waals surface area contributed by atoms with E-state index in [2.05, 4.69) is 5.32 Å². The fourth-order valence-electron chi connectivity index (χ4n) is 2.18. The highest BCUT2D eigenvalue weighted by atomic mass is 19.1. The van der Waals surface area contributed by atoms with Gasteiger partial charge in [0.15, 0.2) is 0 Å². The van der Waals surface area contributed by atoms with E-state index in [0.29, 0.717) is 5.69 Å². The van der Waals surface area contributed by atoms with E-state index in [9.17, 15) is 14.3 Å². The minimum Gasteiger partial charge on any atom is -0.508 e. The summed E-state index contributed by atoms with van der Waals surface area (Å²) >= 11 is 0. The smallest absolute Gasteiger partial charge is 0.417 e. The molecular weight excluding hydrogens is 309 g/mol. The number of halogens is 1. The SMILES string of the molecule is O=C(Nc1cccc(-c2ccc(O)cc2)c1)Oc1ccc(F)cc1. The second-order valence-corrected chi connectivity index (χ2v) is 5.10. The average Bonchev–Trinajstić information content (AvgIpc) is 2.58. The summed E-state index contributed by atoms with van der Waals surface area (Å²) in [5.74, 6) is 0.0452. The Balaban J connectivity index is 1.71. The molecular formula is C19H14FNO3. The first kappa shape index (κ1) is 15.6. The monoisotopic (exact) mass is 323 g/mol. The zero-order valence-corrected chi connectivity index (χ0v) is 12.6. The molecule has 0 unspecified atom stereocenters. The van der Waals surface area contributed by atoms with Gasteiger partial charge in [-0.15, -0.1) is 0 Å². The molecule has 0 atom stereocenters. The number of phenolic OH excluding ortho intramolecular Hbond substituents is 1. The number of carbonyl (C=O) groups is 1. The molecule has 5 heteroatoms. The summed E-state index contributed by atoms with van der Waals surface area (Å²) in [5.41, 5.74) is 2.35. The van der Waals surface area contributed by atoms with Gasteiger partial charge in [-0.2, -0.15) is 0 Å². The maximum atomic E-state index is 12.8. The van der Waals surface area contributed by atoms with Gasteiger partial charge in [-0.1, -0.05) is 24.3 Å². The Morgan fingerprint density at radius 3 is 2.33 bits per heavy atom. The average molecular weight is 323 g/mol. The zero-order chi connectivity index (χ0) is 16.9. The number of carbonyl (C=O) groups excluding carboxylic acids is 1. The molecule has 3 aromatic carbocycles. The van der Waals surface area contributed by atoms with Gasteiger partial charge in [0.25, 0.3) is 0 Å². The lowest BCUT2D eigenvalue weighted by Crippen LogP contribution is -2.16. The molecule has 0 aliphatic rings. The third-order valence-electron chi connectivity index (χ3n) is 3.33. The number of hydrogen-bond acceptors (Lipinski definition) is 3. The molecule has 120 valence electrons. The quantitative estimate of drug-likeness (QED) is 0.727. The molecule has 0 heterocycles. The molecule has 0 radical (unpaired) electrons. The van der Waals surface area contributed by atoms with E-state index in [4.69, 9.17) is 4.74 Å². The lowest BCUT2D eigenvalue weighted by Gasteiger charge is -2.08. The molecule has 0 fully saturated rings. The second-order valence-electron chi connectivity index (χ2n) is 5.10. The van der Waals surface area contributed by atoms with Crippen LogP contribution in [0.1, 0.15) is 0 Å². The third kappa shape index (κ3) is 3.89. The summed E-state index contributed by atoms with van der Waals surface area (Å²) in [7, 11) is 0. The summed E-state index contributed by atoms with van der Waals surface area (Å²) in [4.78, 5) is 11.9. The summed E-state index contributed by atoms with van der Waals surface area (Å²) in [6.07, 6.45) is -0.663. The number of rotatable bonds is 3. The van der Waals surface area contributed by atoms with Crippen LogP contribution in [0.3, 0.4) is 0 Å². The first-order chi connectivity index (χ1) is 11.6. The van der Waals surface area contributed by atoms with E-state index in [1.807, 2.05) is 6.07 Å².